The summed E-state index contributed by atoms with van der Waals surface area (Å²) in [6.45, 7) is 3.91. The molecule has 0 atom stereocenters. The first-order valence-electron chi connectivity index (χ1n) is 9.91. The number of hydrazone groups is 1. The Hall–Kier alpha value is -3.37. The number of carbonyl (C=O) groups excluding carboxylic acids is 1. The highest BCUT2D eigenvalue weighted by atomic mass is 79.9. The standard InChI is InChI=1S/C23H22BrN3O5S/c1-3-31-21-14-17(15-25-27-23(28)26-18-7-5-4-6-8-18)13-20(24)22(21)32-33(29,30)19-11-9-16(2)10-12-19/h4-15H,3H2,1-2H3,(H2,26,27,28)/b25-15-. The van der Waals surface area contributed by atoms with Gasteiger partial charge in [-0.3, -0.25) is 0 Å². The summed E-state index contributed by atoms with van der Waals surface area (Å²) in [6, 6.07) is 17.9. The molecule has 2 N–H and O–H groups in total. The zero-order chi connectivity index (χ0) is 23.8. The van der Waals surface area contributed by atoms with Crippen LogP contribution in [-0.2, 0) is 10.1 Å². The quantitative estimate of drug-likeness (QED) is 0.239. The Balaban J connectivity index is 1.77. The van der Waals surface area contributed by atoms with Crippen LogP contribution in [0.5, 0.6) is 11.5 Å². The maximum atomic E-state index is 12.7. The molecule has 0 heterocycles. The van der Waals surface area contributed by atoms with Crippen LogP contribution in [0.25, 0.3) is 0 Å². The summed E-state index contributed by atoms with van der Waals surface area (Å²) in [5.41, 5.74) is 4.47. The van der Waals surface area contributed by atoms with Crippen LogP contribution in [0.15, 0.2) is 81.2 Å². The highest BCUT2D eigenvalue weighted by Crippen LogP contribution is 2.38. The Bertz CT molecular complexity index is 1250. The molecule has 0 bridgehead atoms. The fraction of sp³-hybridized carbons (Fsp3) is 0.130. The van der Waals surface area contributed by atoms with Gasteiger partial charge in [0.05, 0.1) is 17.3 Å². The van der Waals surface area contributed by atoms with E-state index >= 15 is 0 Å². The third kappa shape index (κ3) is 6.80. The van der Waals surface area contributed by atoms with Crippen molar-refractivity contribution in [2.75, 3.05) is 11.9 Å². The van der Waals surface area contributed by atoms with Gasteiger partial charge in [0.15, 0.2) is 11.5 Å². The average molecular weight is 532 g/mol. The van der Waals surface area contributed by atoms with Crippen LogP contribution < -0.4 is 19.7 Å². The summed E-state index contributed by atoms with van der Waals surface area (Å²) in [4.78, 5) is 12.0. The van der Waals surface area contributed by atoms with Crippen LogP contribution >= 0.6 is 15.9 Å². The summed E-state index contributed by atoms with van der Waals surface area (Å²) < 4.78 is 36.8. The molecule has 0 aliphatic carbocycles. The molecule has 0 aliphatic rings. The van der Waals surface area contributed by atoms with Crippen LogP contribution in [0.2, 0.25) is 0 Å². The summed E-state index contributed by atoms with van der Waals surface area (Å²) >= 11 is 3.34. The molecular weight excluding hydrogens is 510 g/mol. The predicted molar refractivity (Wildman–Crippen MR) is 130 cm³/mol. The van der Waals surface area contributed by atoms with Crippen LogP contribution in [0.3, 0.4) is 0 Å². The number of ether oxygens (including phenoxy) is 1. The van der Waals surface area contributed by atoms with Gasteiger partial charge in [0.2, 0.25) is 0 Å². The average Bonchev–Trinajstić information content (AvgIpc) is 2.77. The van der Waals surface area contributed by atoms with E-state index in [1.165, 1.54) is 18.3 Å². The summed E-state index contributed by atoms with van der Waals surface area (Å²) in [6.07, 6.45) is 1.40. The third-order valence-corrected chi connectivity index (χ3v) is 6.07. The minimum atomic E-state index is -4.07. The van der Waals surface area contributed by atoms with Crippen molar-refractivity contribution >= 4 is 44.0 Å². The molecule has 33 heavy (non-hydrogen) atoms. The molecule has 3 rings (SSSR count). The number of aryl methyl sites for hydroxylation is 1. The first kappa shape index (κ1) is 24.3. The minimum Gasteiger partial charge on any atom is -0.490 e. The molecular formula is C23H22BrN3O5S. The van der Waals surface area contributed by atoms with Crippen molar-refractivity contribution in [2.24, 2.45) is 5.10 Å². The molecule has 3 aromatic carbocycles. The van der Waals surface area contributed by atoms with Gasteiger partial charge in [0.25, 0.3) is 0 Å². The largest absolute Gasteiger partial charge is 0.490 e. The Morgan fingerprint density at radius 3 is 2.45 bits per heavy atom. The normalized spacial score (nSPS) is 11.2. The Labute approximate surface area is 200 Å². The summed E-state index contributed by atoms with van der Waals surface area (Å²) in [5.74, 6) is 0.224. The number of amides is 2. The van der Waals surface area contributed by atoms with Gasteiger partial charge >= 0.3 is 16.1 Å². The van der Waals surface area contributed by atoms with Gasteiger partial charge in [-0.1, -0.05) is 35.9 Å². The molecule has 172 valence electrons. The zero-order valence-corrected chi connectivity index (χ0v) is 20.3. The topological polar surface area (TPSA) is 106 Å². The molecule has 0 saturated carbocycles. The van der Waals surface area contributed by atoms with Gasteiger partial charge < -0.3 is 14.2 Å². The number of urea groups is 1. The first-order chi connectivity index (χ1) is 15.8. The number of halogens is 1. The minimum absolute atomic E-state index is 0.0179. The second kappa shape index (κ2) is 11.0. The van der Waals surface area contributed by atoms with Crippen LogP contribution in [-0.4, -0.2) is 27.3 Å². The second-order valence-electron chi connectivity index (χ2n) is 6.80. The highest BCUT2D eigenvalue weighted by Gasteiger charge is 2.22. The van der Waals surface area contributed by atoms with Crippen LogP contribution in [0.4, 0.5) is 10.5 Å². The van der Waals surface area contributed by atoms with E-state index in [0.717, 1.165) is 5.56 Å². The number of carbonyl (C=O) groups is 1. The molecule has 0 radical (unpaired) electrons. The van der Waals surface area contributed by atoms with Crippen molar-refractivity contribution in [3.8, 4) is 11.5 Å². The van der Waals surface area contributed by atoms with E-state index in [4.69, 9.17) is 8.92 Å². The Kier molecular flexibility index (Phi) is 8.07. The lowest BCUT2D eigenvalue weighted by molar-refractivity contribution is 0.252. The van der Waals surface area contributed by atoms with Crippen molar-refractivity contribution < 1.29 is 22.1 Å². The summed E-state index contributed by atoms with van der Waals surface area (Å²) in [7, 11) is -4.07. The molecule has 8 nitrogen and oxygen atoms in total. The van der Waals surface area contributed by atoms with Gasteiger partial charge in [0, 0.05) is 5.69 Å². The Morgan fingerprint density at radius 1 is 1.09 bits per heavy atom. The summed E-state index contributed by atoms with van der Waals surface area (Å²) in [5, 5.41) is 6.56. The Morgan fingerprint density at radius 2 is 1.79 bits per heavy atom. The molecule has 0 unspecified atom stereocenters. The highest BCUT2D eigenvalue weighted by molar-refractivity contribution is 9.10. The van der Waals surface area contributed by atoms with Crippen LogP contribution in [0.1, 0.15) is 18.1 Å². The van der Waals surface area contributed by atoms with Gasteiger partial charge in [-0.05, 0) is 71.7 Å². The SMILES string of the molecule is CCOc1cc(/C=N\NC(=O)Nc2ccccc2)cc(Br)c1OS(=O)(=O)c1ccc(C)cc1. The number of anilines is 1. The lowest BCUT2D eigenvalue weighted by Crippen LogP contribution is -2.24. The number of hydrogen-bond donors (Lipinski definition) is 2. The maximum absolute atomic E-state index is 12.7. The van der Waals surface area contributed by atoms with Crippen molar-refractivity contribution in [2.45, 2.75) is 18.7 Å². The van der Waals surface area contributed by atoms with Crippen molar-refractivity contribution in [1.82, 2.24) is 5.43 Å². The number of hydrogen-bond acceptors (Lipinski definition) is 6. The van der Waals surface area contributed by atoms with Crippen molar-refractivity contribution in [1.29, 1.82) is 0 Å². The number of nitrogens with zero attached hydrogens (tertiary/aromatic N) is 1. The van der Waals surface area contributed by atoms with E-state index in [2.05, 4.69) is 31.8 Å². The van der Waals surface area contributed by atoms with Gasteiger partial charge in [0.1, 0.15) is 4.90 Å². The van der Waals surface area contributed by atoms with Crippen molar-refractivity contribution in [3.05, 3.63) is 82.3 Å². The van der Waals surface area contributed by atoms with Gasteiger partial charge in [-0.15, -0.1) is 0 Å². The third-order valence-electron chi connectivity index (χ3n) is 4.25. The first-order valence-corrected chi connectivity index (χ1v) is 12.1. The van der Waals surface area contributed by atoms with E-state index in [1.807, 2.05) is 13.0 Å². The maximum Gasteiger partial charge on any atom is 0.339 e. The van der Waals surface area contributed by atoms with E-state index in [1.54, 1.807) is 55.5 Å². The monoisotopic (exact) mass is 531 g/mol. The molecule has 0 fully saturated rings. The number of para-hydroxylation sites is 1. The van der Waals surface area contributed by atoms with Gasteiger partial charge in [-0.2, -0.15) is 13.5 Å². The zero-order valence-electron chi connectivity index (χ0n) is 17.9. The molecule has 0 aromatic heterocycles. The predicted octanol–water partition coefficient (Wildman–Crippen LogP) is 5.08. The van der Waals surface area contributed by atoms with Gasteiger partial charge in [-0.25, -0.2) is 10.2 Å². The van der Waals surface area contributed by atoms with E-state index < -0.39 is 16.1 Å². The molecule has 0 aliphatic heterocycles. The molecule has 2 amide bonds. The van der Waals surface area contributed by atoms with E-state index in [9.17, 15) is 13.2 Å². The molecule has 3 aromatic rings. The fourth-order valence-corrected chi connectivity index (χ4v) is 4.32. The number of rotatable bonds is 8. The molecule has 10 heteroatoms. The fourth-order valence-electron chi connectivity index (χ4n) is 2.72. The van der Waals surface area contributed by atoms with Crippen molar-refractivity contribution in [3.63, 3.8) is 0 Å². The lowest BCUT2D eigenvalue weighted by Gasteiger charge is -2.14. The lowest BCUT2D eigenvalue weighted by atomic mass is 10.2. The smallest absolute Gasteiger partial charge is 0.339 e. The van der Waals surface area contributed by atoms with E-state index in [-0.39, 0.29) is 23.0 Å². The van der Waals surface area contributed by atoms with Crippen LogP contribution in [0, 0.1) is 6.92 Å². The number of benzene rings is 3. The molecule has 0 spiro atoms. The number of nitrogens with one attached hydrogen (secondary N) is 2. The molecule has 0 saturated heterocycles. The second-order valence-corrected chi connectivity index (χ2v) is 9.20. The van der Waals surface area contributed by atoms with E-state index in [0.29, 0.717) is 15.7 Å².